The summed E-state index contributed by atoms with van der Waals surface area (Å²) in [7, 11) is 2.11. The second-order valence-corrected chi connectivity index (χ2v) is 4.02. The maximum absolute atomic E-state index is 5.87. The summed E-state index contributed by atoms with van der Waals surface area (Å²) in [6, 6.07) is 6.34. The Balaban J connectivity index is 2.27. The van der Waals surface area contributed by atoms with Crippen LogP contribution in [0.5, 0.6) is 0 Å². The van der Waals surface area contributed by atoms with Gasteiger partial charge in [0.2, 0.25) is 0 Å². The molecular formula is C12H21N3. The first-order chi connectivity index (χ1) is 7.22. The third-order valence-corrected chi connectivity index (χ3v) is 2.56. The summed E-state index contributed by atoms with van der Waals surface area (Å²) in [5.41, 5.74) is 6.99. The van der Waals surface area contributed by atoms with E-state index in [4.69, 9.17) is 5.73 Å². The van der Waals surface area contributed by atoms with Gasteiger partial charge in [0.25, 0.3) is 0 Å². The second-order valence-electron chi connectivity index (χ2n) is 4.02. The van der Waals surface area contributed by atoms with Crippen molar-refractivity contribution in [1.82, 2.24) is 9.88 Å². The number of nitrogens with zero attached hydrogens (tertiary/aromatic N) is 2. The Kier molecular flexibility index (Phi) is 5.29. The van der Waals surface area contributed by atoms with Gasteiger partial charge in [-0.1, -0.05) is 13.0 Å². The first-order valence-corrected chi connectivity index (χ1v) is 5.56. The Morgan fingerprint density at radius 2 is 2.27 bits per heavy atom. The van der Waals surface area contributed by atoms with Crippen molar-refractivity contribution < 1.29 is 0 Å². The third-order valence-electron chi connectivity index (χ3n) is 2.56. The Morgan fingerprint density at radius 3 is 2.87 bits per heavy atom. The number of rotatable bonds is 6. The molecule has 15 heavy (non-hydrogen) atoms. The molecule has 1 atom stereocenters. The van der Waals surface area contributed by atoms with Gasteiger partial charge in [-0.15, -0.1) is 0 Å². The van der Waals surface area contributed by atoms with Crippen LogP contribution < -0.4 is 5.73 Å². The molecule has 0 fully saturated rings. The summed E-state index contributed by atoms with van der Waals surface area (Å²) in [4.78, 5) is 6.55. The fourth-order valence-electron chi connectivity index (χ4n) is 1.44. The highest BCUT2D eigenvalue weighted by atomic mass is 15.1. The van der Waals surface area contributed by atoms with E-state index in [9.17, 15) is 0 Å². The zero-order valence-corrected chi connectivity index (χ0v) is 9.69. The summed E-state index contributed by atoms with van der Waals surface area (Å²) >= 11 is 0. The smallest absolute Gasteiger partial charge is 0.0543 e. The van der Waals surface area contributed by atoms with Gasteiger partial charge in [-0.2, -0.15) is 0 Å². The Morgan fingerprint density at radius 1 is 1.47 bits per heavy atom. The summed E-state index contributed by atoms with van der Waals surface area (Å²) in [6.07, 6.45) is 3.94. The highest BCUT2D eigenvalue weighted by Crippen LogP contribution is 2.01. The molecule has 0 saturated carbocycles. The second kappa shape index (κ2) is 6.53. The van der Waals surface area contributed by atoms with Crippen molar-refractivity contribution in [3.8, 4) is 0 Å². The monoisotopic (exact) mass is 207 g/mol. The molecule has 0 bridgehead atoms. The number of pyridine rings is 1. The Labute approximate surface area is 92.3 Å². The standard InChI is InChI=1S/C12H21N3/c1-3-11(13)7-9-15(2)10-12-6-4-5-8-14-12/h4-6,8,11H,3,7,9-10,13H2,1-2H3. The van der Waals surface area contributed by atoms with Crippen molar-refractivity contribution >= 4 is 0 Å². The zero-order valence-electron chi connectivity index (χ0n) is 9.69. The number of hydrogen-bond donors (Lipinski definition) is 1. The Hall–Kier alpha value is -0.930. The molecule has 84 valence electrons. The van der Waals surface area contributed by atoms with E-state index in [-0.39, 0.29) is 0 Å². The molecule has 3 nitrogen and oxygen atoms in total. The molecule has 1 unspecified atom stereocenters. The molecule has 3 heteroatoms. The molecule has 0 aromatic carbocycles. The van der Waals surface area contributed by atoms with E-state index in [1.807, 2.05) is 18.3 Å². The molecule has 1 heterocycles. The van der Waals surface area contributed by atoms with E-state index in [0.29, 0.717) is 6.04 Å². The first kappa shape index (κ1) is 12.1. The lowest BCUT2D eigenvalue weighted by Gasteiger charge is -2.18. The van der Waals surface area contributed by atoms with Crippen molar-refractivity contribution in [2.75, 3.05) is 13.6 Å². The molecule has 2 N–H and O–H groups in total. The number of hydrogen-bond acceptors (Lipinski definition) is 3. The summed E-state index contributed by atoms with van der Waals surface area (Å²) < 4.78 is 0. The molecule has 0 radical (unpaired) electrons. The van der Waals surface area contributed by atoms with Gasteiger partial charge in [-0.25, -0.2) is 0 Å². The fraction of sp³-hybridized carbons (Fsp3) is 0.583. The molecule has 0 aliphatic carbocycles. The van der Waals surface area contributed by atoms with Crippen LogP contribution in [0.4, 0.5) is 0 Å². The maximum atomic E-state index is 5.87. The van der Waals surface area contributed by atoms with Gasteiger partial charge in [0, 0.05) is 18.8 Å². The van der Waals surface area contributed by atoms with Gasteiger partial charge < -0.3 is 10.6 Å². The summed E-state index contributed by atoms with van der Waals surface area (Å²) in [5.74, 6) is 0. The Bertz CT molecular complexity index is 261. The first-order valence-electron chi connectivity index (χ1n) is 5.56. The lowest BCUT2D eigenvalue weighted by Crippen LogP contribution is -2.27. The predicted octanol–water partition coefficient (Wildman–Crippen LogP) is 1.64. The van der Waals surface area contributed by atoms with Crippen molar-refractivity contribution in [3.63, 3.8) is 0 Å². The average Bonchev–Trinajstić information content (AvgIpc) is 2.27. The van der Waals surface area contributed by atoms with Crippen LogP contribution in [0.2, 0.25) is 0 Å². The highest BCUT2D eigenvalue weighted by Gasteiger charge is 2.03. The van der Waals surface area contributed by atoms with Crippen LogP contribution in [0, 0.1) is 0 Å². The van der Waals surface area contributed by atoms with Gasteiger partial charge in [0.1, 0.15) is 0 Å². The van der Waals surface area contributed by atoms with E-state index in [2.05, 4.69) is 29.9 Å². The van der Waals surface area contributed by atoms with E-state index >= 15 is 0 Å². The molecule has 0 amide bonds. The van der Waals surface area contributed by atoms with Crippen LogP contribution in [-0.2, 0) is 6.54 Å². The van der Waals surface area contributed by atoms with Crippen LogP contribution >= 0.6 is 0 Å². The van der Waals surface area contributed by atoms with Crippen LogP contribution in [0.3, 0.4) is 0 Å². The third kappa shape index (κ3) is 4.91. The topological polar surface area (TPSA) is 42.1 Å². The largest absolute Gasteiger partial charge is 0.328 e. The van der Waals surface area contributed by atoms with Gasteiger partial charge in [-0.3, -0.25) is 4.98 Å². The molecule has 1 aromatic heterocycles. The van der Waals surface area contributed by atoms with E-state index in [1.165, 1.54) is 0 Å². The molecular weight excluding hydrogens is 186 g/mol. The highest BCUT2D eigenvalue weighted by molar-refractivity contribution is 5.02. The SMILES string of the molecule is CCC(N)CCN(C)Cc1ccccn1. The maximum Gasteiger partial charge on any atom is 0.0543 e. The van der Waals surface area contributed by atoms with Crippen LogP contribution in [0.15, 0.2) is 24.4 Å². The molecule has 0 saturated heterocycles. The van der Waals surface area contributed by atoms with Crippen LogP contribution in [0.1, 0.15) is 25.5 Å². The molecule has 0 aliphatic heterocycles. The van der Waals surface area contributed by atoms with Crippen molar-refractivity contribution in [2.24, 2.45) is 5.73 Å². The lowest BCUT2D eigenvalue weighted by atomic mass is 10.1. The van der Waals surface area contributed by atoms with Gasteiger partial charge in [0.15, 0.2) is 0 Å². The van der Waals surface area contributed by atoms with Gasteiger partial charge in [0.05, 0.1) is 5.69 Å². The van der Waals surface area contributed by atoms with Crippen molar-refractivity contribution in [2.45, 2.75) is 32.4 Å². The van der Waals surface area contributed by atoms with E-state index in [0.717, 1.165) is 31.6 Å². The van der Waals surface area contributed by atoms with Gasteiger partial charge in [-0.05, 0) is 38.6 Å². The van der Waals surface area contributed by atoms with Crippen LogP contribution in [-0.4, -0.2) is 29.5 Å². The zero-order chi connectivity index (χ0) is 11.1. The minimum atomic E-state index is 0.330. The van der Waals surface area contributed by atoms with Gasteiger partial charge >= 0.3 is 0 Å². The average molecular weight is 207 g/mol. The minimum Gasteiger partial charge on any atom is -0.328 e. The van der Waals surface area contributed by atoms with Crippen molar-refractivity contribution in [1.29, 1.82) is 0 Å². The quantitative estimate of drug-likeness (QED) is 0.771. The van der Waals surface area contributed by atoms with Crippen LogP contribution in [0.25, 0.3) is 0 Å². The molecule has 0 aliphatic rings. The fourth-order valence-corrected chi connectivity index (χ4v) is 1.44. The summed E-state index contributed by atoms with van der Waals surface area (Å²) in [6.45, 7) is 4.06. The van der Waals surface area contributed by atoms with E-state index in [1.54, 1.807) is 0 Å². The summed E-state index contributed by atoms with van der Waals surface area (Å²) in [5, 5.41) is 0. The minimum absolute atomic E-state index is 0.330. The lowest BCUT2D eigenvalue weighted by molar-refractivity contribution is 0.306. The number of nitrogens with two attached hydrogens (primary N) is 1. The normalized spacial score (nSPS) is 13.1. The van der Waals surface area contributed by atoms with Crippen molar-refractivity contribution in [3.05, 3.63) is 30.1 Å². The van der Waals surface area contributed by atoms with E-state index < -0.39 is 0 Å². The number of aromatic nitrogens is 1. The molecule has 0 spiro atoms. The molecule has 1 aromatic rings. The predicted molar refractivity (Wildman–Crippen MR) is 63.5 cm³/mol. The molecule has 1 rings (SSSR count).